The molecule has 0 unspecified atom stereocenters. The SMILES string of the molecule is CCN1C(=O)CO[C@@H](CNC(=O)c2cc(F)c[nH]2)[C@@H]1c1nccn1C. The Morgan fingerprint density at radius 2 is 2.36 bits per heavy atom. The smallest absolute Gasteiger partial charge is 0.267 e. The zero-order valence-corrected chi connectivity index (χ0v) is 14.0. The molecule has 0 saturated carbocycles. The van der Waals surface area contributed by atoms with Gasteiger partial charge in [-0.15, -0.1) is 0 Å². The van der Waals surface area contributed by atoms with Gasteiger partial charge in [0.1, 0.15) is 36.1 Å². The van der Waals surface area contributed by atoms with Crippen molar-refractivity contribution in [3.8, 4) is 0 Å². The van der Waals surface area contributed by atoms with Gasteiger partial charge in [0.05, 0.1) is 0 Å². The molecule has 0 spiro atoms. The van der Waals surface area contributed by atoms with Crippen LogP contribution < -0.4 is 5.32 Å². The summed E-state index contributed by atoms with van der Waals surface area (Å²) >= 11 is 0. The molecule has 1 aliphatic rings. The number of hydrogen-bond acceptors (Lipinski definition) is 4. The summed E-state index contributed by atoms with van der Waals surface area (Å²) in [6.45, 7) is 2.51. The second-order valence-electron chi connectivity index (χ2n) is 5.81. The van der Waals surface area contributed by atoms with Crippen LogP contribution >= 0.6 is 0 Å². The van der Waals surface area contributed by atoms with Crippen LogP contribution in [0.3, 0.4) is 0 Å². The van der Waals surface area contributed by atoms with Crippen molar-refractivity contribution in [1.82, 2.24) is 24.8 Å². The minimum Gasteiger partial charge on any atom is -0.364 e. The number of amides is 2. The van der Waals surface area contributed by atoms with E-state index in [0.717, 1.165) is 12.3 Å². The fourth-order valence-corrected chi connectivity index (χ4v) is 3.01. The summed E-state index contributed by atoms with van der Waals surface area (Å²) < 4.78 is 20.5. The number of ether oxygens (including phenoxy) is 1. The zero-order valence-electron chi connectivity index (χ0n) is 14.0. The summed E-state index contributed by atoms with van der Waals surface area (Å²) in [6.07, 6.45) is 4.10. The number of carbonyl (C=O) groups is 2. The lowest BCUT2D eigenvalue weighted by molar-refractivity contribution is -0.157. The van der Waals surface area contributed by atoms with Crippen molar-refractivity contribution in [1.29, 1.82) is 0 Å². The number of nitrogens with one attached hydrogen (secondary N) is 2. The molecule has 0 radical (unpaired) electrons. The number of rotatable bonds is 5. The molecule has 9 heteroatoms. The van der Waals surface area contributed by atoms with Crippen LogP contribution in [-0.4, -0.2) is 57.0 Å². The number of imidazole rings is 1. The highest BCUT2D eigenvalue weighted by atomic mass is 19.1. The third-order valence-corrected chi connectivity index (χ3v) is 4.25. The Morgan fingerprint density at radius 1 is 1.56 bits per heavy atom. The van der Waals surface area contributed by atoms with E-state index in [9.17, 15) is 14.0 Å². The molecule has 2 N–H and O–H groups in total. The largest absolute Gasteiger partial charge is 0.364 e. The average Bonchev–Trinajstić information content (AvgIpc) is 3.21. The highest BCUT2D eigenvalue weighted by molar-refractivity contribution is 5.92. The minimum atomic E-state index is -0.507. The fourth-order valence-electron chi connectivity index (χ4n) is 3.01. The van der Waals surface area contributed by atoms with Gasteiger partial charge < -0.3 is 24.5 Å². The summed E-state index contributed by atoms with van der Waals surface area (Å²) in [5.74, 6) is -0.386. The van der Waals surface area contributed by atoms with E-state index in [-0.39, 0.29) is 24.8 Å². The molecule has 25 heavy (non-hydrogen) atoms. The first-order valence-electron chi connectivity index (χ1n) is 8.01. The van der Waals surface area contributed by atoms with E-state index in [1.54, 1.807) is 17.3 Å². The van der Waals surface area contributed by atoms with E-state index in [1.807, 2.05) is 18.5 Å². The lowest BCUT2D eigenvalue weighted by atomic mass is 10.1. The van der Waals surface area contributed by atoms with E-state index < -0.39 is 23.9 Å². The Kier molecular flexibility index (Phi) is 4.84. The Bertz CT molecular complexity index is 771. The topological polar surface area (TPSA) is 92.2 Å². The predicted octanol–water partition coefficient (Wildman–Crippen LogP) is 0.606. The lowest BCUT2D eigenvalue weighted by Gasteiger charge is -2.40. The molecule has 8 nitrogen and oxygen atoms in total. The molecule has 2 atom stereocenters. The van der Waals surface area contributed by atoms with E-state index in [0.29, 0.717) is 12.4 Å². The molecule has 1 fully saturated rings. The second kappa shape index (κ2) is 7.06. The van der Waals surface area contributed by atoms with Crippen LogP contribution in [0.2, 0.25) is 0 Å². The molecule has 134 valence electrons. The number of likely N-dealkylation sites (N-methyl/N-ethyl adjacent to an activating group) is 1. The normalized spacial score (nSPS) is 20.8. The second-order valence-corrected chi connectivity index (χ2v) is 5.81. The first kappa shape index (κ1) is 17.2. The Labute approximate surface area is 144 Å². The van der Waals surface area contributed by atoms with Crippen LogP contribution in [0, 0.1) is 5.82 Å². The molecule has 0 aliphatic carbocycles. The average molecular weight is 349 g/mol. The van der Waals surface area contributed by atoms with Gasteiger partial charge in [-0.1, -0.05) is 0 Å². The van der Waals surface area contributed by atoms with Crippen molar-refractivity contribution in [2.24, 2.45) is 7.05 Å². The third kappa shape index (κ3) is 3.41. The molecule has 2 aromatic heterocycles. The van der Waals surface area contributed by atoms with Gasteiger partial charge in [0.2, 0.25) is 5.91 Å². The summed E-state index contributed by atoms with van der Waals surface area (Å²) in [6, 6.07) is 0.710. The van der Waals surface area contributed by atoms with Crippen LogP contribution in [0.5, 0.6) is 0 Å². The monoisotopic (exact) mass is 349 g/mol. The van der Waals surface area contributed by atoms with Crippen LogP contribution in [0.1, 0.15) is 29.3 Å². The first-order chi connectivity index (χ1) is 12.0. The van der Waals surface area contributed by atoms with Gasteiger partial charge >= 0.3 is 0 Å². The maximum Gasteiger partial charge on any atom is 0.267 e. The standard InChI is InChI=1S/C16H20FN5O3/c1-3-22-13(23)9-25-12(14(22)15-18-4-5-21(15)2)8-20-16(24)11-6-10(17)7-19-11/h4-7,12,14,19H,3,8-9H2,1-2H3,(H,20,24)/t12-,14+/m0/s1. The van der Waals surface area contributed by atoms with Crippen LogP contribution in [0.4, 0.5) is 4.39 Å². The van der Waals surface area contributed by atoms with Crippen molar-refractivity contribution >= 4 is 11.8 Å². The number of carbonyl (C=O) groups excluding carboxylic acids is 2. The fraction of sp³-hybridized carbons (Fsp3) is 0.438. The van der Waals surface area contributed by atoms with Crippen molar-refractivity contribution < 1.29 is 18.7 Å². The Hall–Kier alpha value is -2.68. The summed E-state index contributed by atoms with van der Waals surface area (Å²) in [7, 11) is 1.84. The van der Waals surface area contributed by atoms with Crippen LogP contribution in [-0.2, 0) is 16.6 Å². The van der Waals surface area contributed by atoms with Gasteiger partial charge in [0.25, 0.3) is 5.91 Å². The third-order valence-electron chi connectivity index (χ3n) is 4.25. The van der Waals surface area contributed by atoms with Gasteiger partial charge in [-0.05, 0) is 6.92 Å². The van der Waals surface area contributed by atoms with Crippen LogP contribution in [0.25, 0.3) is 0 Å². The maximum absolute atomic E-state index is 13.0. The molecule has 3 rings (SSSR count). The highest BCUT2D eigenvalue weighted by Gasteiger charge is 2.39. The molecule has 0 aromatic carbocycles. The highest BCUT2D eigenvalue weighted by Crippen LogP contribution is 2.28. The van der Waals surface area contributed by atoms with Gasteiger partial charge in [-0.3, -0.25) is 9.59 Å². The zero-order chi connectivity index (χ0) is 18.0. The van der Waals surface area contributed by atoms with E-state index >= 15 is 0 Å². The van der Waals surface area contributed by atoms with Crippen LogP contribution in [0.15, 0.2) is 24.7 Å². The molecule has 2 aromatic rings. The predicted molar refractivity (Wildman–Crippen MR) is 86.2 cm³/mol. The number of morpholine rings is 1. The van der Waals surface area contributed by atoms with Gasteiger partial charge in [-0.25, -0.2) is 9.37 Å². The van der Waals surface area contributed by atoms with E-state index in [4.69, 9.17) is 4.74 Å². The molecule has 1 aliphatic heterocycles. The number of H-pyrrole nitrogens is 1. The van der Waals surface area contributed by atoms with Crippen molar-refractivity contribution in [3.63, 3.8) is 0 Å². The number of aromatic nitrogens is 3. The number of aryl methyl sites for hydroxylation is 1. The first-order valence-corrected chi connectivity index (χ1v) is 8.01. The quantitative estimate of drug-likeness (QED) is 0.827. The molecule has 0 bridgehead atoms. The Morgan fingerprint density at radius 3 is 2.96 bits per heavy atom. The van der Waals surface area contributed by atoms with Gasteiger partial charge in [0.15, 0.2) is 0 Å². The van der Waals surface area contributed by atoms with Gasteiger partial charge in [-0.2, -0.15) is 0 Å². The number of halogens is 1. The molecular weight excluding hydrogens is 329 g/mol. The van der Waals surface area contributed by atoms with E-state index in [2.05, 4.69) is 15.3 Å². The van der Waals surface area contributed by atoms with Crippen molar-refractivity contribution in [2.45, 2.75) is 19.1 Å². The number of hydrogen-bond donors (Lipinski definition) is 2. The maximum atomic E-state index is 13.0. The summed E-state index contributed by atoms with van der Waals surface area (Å²) in [5.41, 5.74) is 0.130. The number of nitrogens with zero attached hydrogens (tertiary/aromatic N) is 3. The molecular formula is C16H20FN5O3. The Balaban J connectivity index is 1.77. The molecule has 1 saturated heterocycles. The van der Waals surface area contributed by atoms with Crippen molar-refractivity contribution in [2.75, 3.05) is 19.7 Å². The summed E-state index contributed by atoms with van der Waals surface area (Å²) in [4.78, 5) is 32.9. The van der Waals surface area contributed by atoms with E-state index in [1.165, 1.54) is 0 Å². The van der Waals surface area contributed by atoms with Crippen molar-refractivity contribution in [3.05, 3.63) is 42.0 Å². The molecule has 2 amide bonds. The lowest BCUT2D eigenvalue weighted by Crippen LogP contribution is -2.53. The summed E-state index contributed by atoms with van der Waals surface area (Å²) in [5, 5.41) is 2.72. The molecule has 3 heterocycles. The van der Waals surface area contributed by atoms with Gasteiger partial charge in [0, 0.05) is 44.8 Å². The minimum absolute atomic E-state index is 0.0492. The number of aromatic amines is 1.